The number of para-hydroxylation sites is 1. The zero-order valence-electron chi connectivity index (χ0n) is 13.5. The fourth-order valence-corrected chi connectivity index (χ4v) is 3.14. The first-order chi connectivity index (χ1) is 9.98. The van der Waals surface area contributed by atoms with Gasteiger partial charge in [0, 0.05) is 34.1 Å². The van der Waals surface area contributed by atoms with Crippen LogP contribution in [0.25, 0.3) is 0 Å². The maximum Gasteiger partial charge on any atom is 0.0522 e. The summed E-state index contributed by atoms with van der Waals surface area (Å²) >= 11 is 1.91. The molecule has 0 amide bonds. The lowest BCUT2D eigenvalue weighted by Crippen LogP contribution is -2.34. The zero-order valence-corrected chi connectivity index (χ0v) is 14.3. The topological polar surface area (TPSA) is 15.3 Å². The predicted octanol–water partition coefficient (Wildman–Crippen LogP) is 4.66. The minimum atomic E-state index is 0.170. The van der Waals surface area contributed by atoms with Gasteiger partial charge in [0.05, 0.1) is 6.54 Å². The Morgan fingerprint density at radius 1 is 1.00 bits per heavy atom. The number of nitrogens with zero attached hydrogens (tertiary/aromatic N) is 1. The standard InChI is InChI=1S/C18H26N2S/c1-5-20(15-9-7-6-8-10-15)14-17-12-11-16(21-17)13-19-18(2,3)4/h6-12,19H,5,13-14H2,1-4H3. The summed E-state index contributed by atoms with van der Waals surface area (Å²) in [5.41, 5.74) is 1.46. The van der Waals surface area contributed by atoms with Crippen molar-refractivity contribution in [1.82, 2.24) is 5.32 Å². The average Bonchev–Trinajstić information content (AvgIpc) is 2.90. The maximum atomic E-state index is 3.55. The van der Waals surface area contributed by atoms with Crippen LogP contribution >= 0.6 is 11.3 Å². The van der Waals surface area contributed by atoms with Crippen LogP contribution in [0.5, 0.6) is 0 Å². The van der Waals surface area contributed by atoms with Crippen LogP contribution in [0, 0.1) is 0 Å². The molecule has 0 radical (unpaired) electrons. The van der Waals surface area contributed by atoms with Crippen LogP contribution in [-0.4, -0.2) is 12.1 Å². The van der Waals surface area contributed by atoms with E-state index in [1.54, 1.807) is 0 Å². The van der Waals surface area contributed by atoms with E-state index >= 15 is 0 Å². The van der Waals surface area contributed by atoms with E-state index in [0.29, 0.717) is 0 Å². The fraction of sp³-hybridized carbons (Fsp3) is 0.444. The van der Waals surface area contributed by atoms with E-state index in [4.69, 9.17) is 0 Å². The molecule has 0 unspecified atom stereocenters. The molecule has 0 atom stereocenters. The number of anilines is 1. The summed E-state index contributed by atoms with van der Waals surface area (Å²) in [6.07, 6.45) is 0. The van der Waals surface area contributed by atoms with E-state index in [9.17, 15) is 0 Å². The van der Waals surface area contributed by atoms with E-state index in [-0.39, 0.29) is 5.54 Å². The molecule has 0 saturated carbocycles. The number of rotatable bonds is 6. The summed E-state index contributed by atoms with van der Waals surface area (Å²) < 4.78 is 0. The molecule has 3 heteroatoms. The Labute approximate surface area is 132 Å². The van der Waals surface area contributed by atoms with Crippen LogP contribution < -0.4 is 10.2 Å². The van der Waals surface area contributed by atoms with Crippen molar-refractivity contribution < 1.29 is 0 Å². The smallest absolute Gasteiger partial charge is 0.0522 e. The number of nitrogens with one attached hydrogen (secondary N) is 1. The molecular weight excluding hydrogens is 276 g/mol. The largest absolute Gasteiger partial charge is 0.367 e. The highest BCUT2D eigenvalue weighted by atomic mass is 32.1. The third-order valence-corrected chi connectivity index (χ3v) is 4.43. The van der Waals surface area contributed by atoms with Gasteiger partial charge < -0.3 is 10.2 Å². The highest BCUT2D eigenvalue weighted by molar-refractivity contribution is 7.12. The summed E-state index contributed by atoms with van der Waals surface area (Å²) in [6, 6.07) is 15.1. The van der Waals surface area contributed by atoms with Crippen LogP contribution in [0.15, 0.2) is 42.5 Å². The Bertz CT molecular complexity index is 540. The summed E-state index contributed by atoms with van der Waals surface area (Å²) in [4.78, 5) is 5.24. The molecule has 0 saturated heterocycles. The Kier molecular flexibility index (Phi) is 5.43. The van der Waals surface area contributed by atoms with Gasteiger partial charge in [-0.2, -0.15) is 0 Å². The van der Waals surface area contributed by atoms with Crippen molar-refractivity contribution in [2.24, 2.45) is 0 Å². The first kappa shape index (κ1) is 16.1. The Morgan fingerprint density at radius 3 is 2.29 bits per heavy atom. The molecule has 0 aliphatic heterocycles. The van der Waals surface area contributed by atoms with Crippen LogP contribution in [0.2, 0.25) is 0 Å². The molecule has 1 N–H and O–H groups in total. The van der Waals surface area contributed by atoms with E-state index in [2.05, 4.69) is 80.4 Å². The molecule has 0 bridgehead atoms. The third-order valence-electron chi connectivity index (χ3n) is 3.36. The van der Waals surface area contributed by atoms with Gasteiger partial charge in [-0.3, -0.25) is 0 Å². The fourth-order valence-electron chi connectivity index (χ4n) is 2.17. The highest BCUT2D eigenvalue weighted by Gasteiger charge is 2.11. The van der Waals surface area contributed by atoms with Crippen molar-refractivity contribution in [2.75, 3.05) is 11.4 Å². The minimum absolute atomic E-state index is 0.170. The molecule has 0 aliphatic rings. The summed E-state index contributed by atoms with van der Waals surface area (Å²) in [5, 5.41) is 3.55. The predicted molar refractivity (Wildman–Crippen MR) is 94.1 cm³/mol. The number of thiophene rings is 1. The van der Waals surface area contributed by atoms with Gasteiger partial charge in [0.1, 0.15) is 0 Å². The van der Waals surface area contributed by atoms with Gasteiger partial charge in [-0.1, -0.05) is 18.2 Å². The van der Waals surface area contributed by atoms with E-state index in [1.807, 2.05) is 11.3 Å². The molecule has 1 heterocycles. The molecule has 0 fully saturated rings. The van der Waals surface area contributed by atoms with Gasteiger partial charge in [-0.05, 0) is 52.0 Å². The molecule has 0 spiro atoms. The first-order valence-electron chi connectivity index (χ1n) is 7.60. The summed E-state index contributed by atoms with van der Waals surface area (Å²) in [7, 11) is 0. The van der Waals surface area contributed by atoms with E-state index in [0.717, 1.165) is 19.6 Å². The summed E-state index contributed by atoms with van der Waals surface area (Å²) in [5.74, 6) is 0. The van der Waals surface area contributed by atoms with Crippen LogP contribution in [0.1, 0.15) is 37.4 Å². The van der Waals surface area contributed by atoms with Crippen LogP contribution in [0.4, 0.5) is 5.69 Å². The van der Waals surface area contributed by atoms with E-state index < -0.39 is 0 Å². The third kappa shape index (κ3) is 5.18. The maximum absolute atomic E-state index is 3.55. The highest BCUT2D eigenvalue weighted by Crippen LogP contribution is 2.22. The van der Waals surface area contributed by atoms with Crippen LogP contribution in [0.3, 0.4) is 0 Å². The van der Waals surface area contributed by atoms with Crippen molar-refractivity contribution in [1.29, 1.82) is 0 Å². The number of hydrogen-bond donors (Lipinski definition) is 1. The zero-order chi connectivity index (χ0) is 15.3. The minimum Gasteiger partial charge on any atom is -0.367 e. The molecule has 114 valence electrons. The van der Waals surface area contributed by atoms with Crippen molar-refractivity contribution in [3.8, 4) is 0 Å². The first-order valence-corrected chi connectivity index (χ1v) is 8.42. The number of hydrogen-bond acceptors (Lipinski definition) is 3. The SMILES string of the molecule is CCN(Cc1ccc(CNC(C)(C)C)s1)c1ccccc1. The van der Waals surface area contributed by atoms with Gasteiger partial charge in [0.2, 0.25) is 0 Å². The van der Waals surface area contributed by atoms with Crippen molar-refractivity contribution >= 4 is 17.0 Å². The monoisotopic (exact) mass is 302 g/mol. The molecule has 1 aromatic heterocycles. The van der Waals surface area contributed by atoms with Gasteiger partial charge in [-0.15, -0.1) is 11.3 Å². The van der Waals surface area contributed by atoms with Crippen molar-refractivity contribution in [3.05, 3.63) is 52.2 Å². The molecular formula is C18H26N2S. The lowest BCUT2D eigenvalue weighted by atomic mass is 10.1. The lowest BCUT2D eigenvalue weighted by Gasteiger charge is -2.22. The van der Waals surface area contributed by atoms with Gasteiger partial charge in [-0.25, -0.2) is 0 Å². The van der Waals surface area contributed by atoms with Crippen molar-refractivity contribution in [3.63, 3.8) is 0 Å². The Balaban J connectivity index is 1.98. The van der Waals surface area contributed by atoms with Crippen molar-refractivity contribution in [2.45, 2.75) is 46.3 Å². The quantitative estimate of drug-likeness (QED) is 0.834. The second-order valence-corrected chi connectivity index (χ2v) is 7.57. The lowest BCUT2D eigenvalue weighted by molar-refractivity contribution is 0.426. The molecule has 2 aromatic rings. The number of benzene rings is 1. The Morgan fingerprint density at radius 2 is 1.67 bits per heavy atom. The summed E-state index contributed by atoms with van der Waals surface area (Å²) in [6.45, 7) is 11.8. The molecule has 1 aromatic carbocycles. The molecule has 21 heavy (non-hydrogen) atoms. The normalized spacial score (nSPS) is 11.6. The molecule has 2 nitrogen and oxygen atoms in total. The van der Waals surface area contributed by atoms with E-state index in [1.165, 1.54) is 15.4 Å². The average molecular weight is 302 g/mol. The van der Waals surface area contributed by atoms with Gasteiger partial charge >= 0.3 is 0 Å². The Hall–Kier alpha value is -1.32. The second kappa shape index (κ2) is 7.10. The molecule has 2 rings (SSSR count). The van der Waals surface area contributed by atoms with Crippen LogP contribution in [-0.2, 0) is 13.1 Å². The van der Waals surface area contributed by atoms with Gasteiger partial charge in [0.25, 0.3) is 0 Å². The van der Waals surface area contributed by atoms with Gasteiger partial charge in [0.15, 0.2) is 0 Å². The molecule has 0 aliphatic carbocycles. The second-order valence-electron chi connectivity index (χ2n) is 6.32.